The third-order valence-corrected chi connectivity index (χ3v) is 5.43. The van der Waals surface area contributed by atoms with Gasteiger partial charge in [0.05, 0.1) is 28.5 Å². The zero-order valence-corrected chi connectivity index (χ0v) is 17.6. The molecule has 0 aliphatic carbocycles. The number of rotatable bonds is 4. The Kier molecular flexibility index (Phi) is 5.37. The number of fused-ring (bicyclic) bond motifs is 1. The number of hydrogen-bond donors (Lipinski definition) is 0. The summed E-state index contributed by atoms with van der Waals surface area (Å²) in [7, 11) is 0. The third-order valence-electron chi connectivity index (χ3n) is 5.43. The van der Waals surface area contributed by atoms with Crippen LogP contribution in [-0.2, 0) is 6.18 Å². The summed E-state index contributed by atoms with van der Waals surface area (Å²) >= 11 is 0. The number of alkyl halides is 3. The molecule has 0 atom stereocenters. The van der Waals surface area contributed by atoms with Gasteiger partial charge in [-0.1, -0.05) is 36.4 Å². The molecule has 2 heterocycles. The normalized spacial score (nSPS) is 11.5. The SMILES string of the molecule is O=C(c1cccc(-c2ccccc2C(F)(F)F)c1)c1ccc2ncc(-c3cccnc3)nc2c1. The maximum atomic E-state index is 13.5. The van der Waals surface area contributed by atoms with E-state index in [-0.39, 0.29) is 16.9 Å². The minimum atomic E-state index is -4.50. The van der Waals surface area contributed by atoms with Gasteiger partial charge in [-0.15, -0.1) is 0 Å². The van der Waals surface area contributed by atoms with Crippen molar-refractivity contribution in [1.82, 2.24) is 15.0 Å². The lowest BCUT2D eigenvalue weighted by atomic mass is 9.95. The van der Waals surface area contributed by atoms with E-state index in [1.165, 1.54) is 18.2 Å². The number of benzene rings is 3. The van der Waals surface area contributed by atoms with Gasteiger partial charge in [-0.2, -0.15) is 13.2 Å². The van der Waals surface area contributed by atoms with Crippen LogP contribution in [0.3, 0.4) is 0 Å². The third kappa shape index (κ3) is 4.15. The predicted octanol–water partition coefficient (Wildman–Crippen LogP) is 6.61. The van der Waals surface area contributed by atoms with Gasteiger partial charge in [0.15, 0.2) is 5.78 Å². The lowest BCUT2D eigenvalue weighted by Gasteiger charge is -2.13. The van der Waals surface area contributed by atoms with E-state index >= 15 is 0 Å². The average molecular weight is 455 g/mol. The molecule has 34 heavy (non-hydrogen) atoms. The fourth-order valence-electron chi connectivity index (χ4n) is 3.78. The van der Waals surface area contributed by atoms with Crippen molar-refractivity contribution in [3.8, 4) is 22.4 Å². The van der Waals surface area contributed by atoms with Crippen LogP contribution in [-0.4, -0.2) is 20.7 Å². The minimum Gasteiger partial charge on any atom is -0.289 e. The Morgan fingerprint density at radius 3 is 2.32 bits per heavy atom. The molecule has 0 spiro atoms. The molecule has 5 aromatic rings. The predicted molar refractivity (Wildman–Crippen MR) is 123 cm³/mol. The summed E-state index contributed by atoms with van der Waals surface area (Å²) in [4.78, 5) is 26.3. The molecular weight excluding hydrogens is 439 g/mol. The monoisotopic (exact) mass is 455 g/mol. The molecule has 0 fully saturated rings. The standard InChI is InChI=1S/C27H16F3N3O/c28-27(29,30)22-9-2-1-8-21(22)17-5-3-6-18(13-17)26(34)19-10-11-23-24(14-19)33-25(16-32-23)20-7-4-12-31-15-20/h1-16H. The molecule has 0 bridgehead atoms. The number of pyridine rings is 1. The van der Waals surface area contributed by atoms with Crippen LogP contribution in [0.2, 0.25) is 0 Å². The molecule has 7 heteroatoms. The van der Waals surface area contributed by atoms with Crippen LogP contribution in [0.25, 0.3) is 33.4 Å². The first-order chi connectivity index (χ1) is 16.4. The number of halogens is 3. The number of carbonyl (C=O) groups is 1. The molecule has 0 aliphatic heterocycles. The van der Waals surface area contributed by atoms with Crippen LogP contribution < -0.4 is 0 Å². The molecule has 3 aromatic carbocycles. The Morgan fingerprint density at radius 1 is 0.735 bits per heavy atom. The lowest BCUT2D eigenvalue weighted by Crippen LogP contribution is -2.07. The van der Waals surface area contributed by atoms with Crippen LogP contribution >= 0.6 is 0 Å². The van der Waals surface area contributed by atoms with Gasteiger partial charge in [0.1, 0.15) is 0 Å². The Hall–Kier alpha value is -4.39. The number of carbonyl (C=O) groups excluding carboxylic acids is 1. The first-order valence-electron chi connectivity index (χ1n) is 10.4. The topological polar surface area (TPSA) is 55.7 Å². The Balaban J connectivity index is 1.53. The second kappa shape index (κ2) is 8.51. The smallest absolute Gasteiger partial charge is 0.289 e. The Bertz CT molecular complexity index is 1520. The van der Waals surface area contributed by atoms with Gasteiger partial charge in [-0.3, -0.25) is 14.8 Å². The molecule has 5 rings (SSSR count). The van der Waals surface area contributed by atoms with E-state index in [2.05, 4.69) is 15.0 Å². The summed E-state index contributed by atoms with van der Waals surface area (Å²) in [6.45, 7) is 0. The highest BCUT2D eigenvalue weighted by Gasteiger charge is 2.33. The highest BCUT2D eigenvalue weighted by molar-refractivity contribution is 6.10. The van der Waals surface area contributed by atoms with Crippen molar-refractivity contribution in [2.24, 2.45) is 0 Å². The fourth-order valence-corrected chi connectivity index (χ4v) is 3.78. The summed E-state index contributed by atoms with van der Waals surface area (Å²) < 4.78 is 40.4. The van der Waals surface area contributed by atoms with E-state index in [1.54, 1.807) is 67.1 Å². The molecule has 0 saturated heterocycles. The average Bonchev–Trinajstić information content (AvgIpc) is 2.87. The van der Waals surface area contributed by atoms with Crippen molar-refractivity contribution in [3.63, 3.8) is 0 Å². The number of ketones is 1. The van der Waals surface area contributed by atoms with Crippen molar-refractivity contribution in [2.45, 2.75) is 6.18 Å². The molecular formula is C27H16F3N3O. The summed E-state index contributed by atoms with van der Waals surface area (Å²) in [5, 5.41) is 0. The Morgan fingerprint density at radius 2 is 1.53 bits per heavy atom. The summed E-state index contributed by atoms with van der Waals surface area (Å²) in [5.74, 6) is -0.318. The van der Waals surface area contributed by atoms with Crippen LogP contribution in [0.5, 0.6) is 0 Å². The van der Waals surface area contributed by atoms with Gasteiger partial charge in [0.2, 0.25) is 0 Å². The van der Waals surface area contributed by atoms with Gasteiger partial charge in [0.25, 0.3) is 0 Å². The first kappa shape index (κ1) is 21.5. The highest BCUT2D eigenvalue weighted by Crippen LogP contribution is 2.37. The van der Waals surface area contributed by atoms with E-state index in [4.69, 9.17) is 0 Å². The molecule has 0 aliphatic rings. The zero-order chi connectivity index (χ0) is 23.7. The van der Waals surface area contributed by atoms with Gasteiger partial charge in [0, 0.05) is 29.1 Å². The quantitative estimate of drug-likeness (QED) is 0.286. The molecule has 0 saturated carbocycles. The molecule has 0 amide bonds. The molecule has 4 nitrogen and oxygen atoms in total. The van der Waals surface area contributed by atoms with Crippen molar-refractivity contribution >= 4 is 16.8 Å². The largest absolute Gasteiger partial charge is 0.417 e. The second-order valence-electron chi connectivity index (χ2n) is 7.65. The maximum Gasteiger partial charge on any atom is 0.417 e. The number of hydrogen-bond acceptors (Lipinski definition) is 4. The van der Waals surface area contributed by atoms with Crippen molar-refractivity contribution in [2.75, 3.05) is 0 Å². The fraction of sp³-hybridized carbons (Fsp3) is 0.0370. The molecule has 2 aromatic heterocycles. The van der Waals surface area contributed by atoms with E-state index < -0.39 is 11.7 Å². The Labute approximate surface area is 192 Å². The number of nitrogens with zero attached hydrogens (tertiary/aromatic N) is 3. The van der Waals surface area contributed by atoms with Crippen molar-refractivity contribution in [1.29, 1.82) is 0 Å². The highest BCUT2D eigenvalue weighted by atomic mass is 19.4. The van der Waals surface area contributed by atoms with Crippen LogP contribution in [0.4, 0.5) is 13.2 Å². The summed E-state index contributed by atoms with van der Waals surface area (Å²) in [6, 6.07) is 20.2. The maximum absolute atomic E-state index is 13.5. The summed E-state index contributed by atoms with van der Waals surface area (Å²) in [6.07, 6.45) is 0.479. The lowest BCUT2D eigenvalue weighted by molar-refractivity contribution is -0.137. The number of aromatic nitrogens is 3. The first-order valence-corrected chi connectivity index (χ1v) is 10.4. The minimum absolute atomic E-state index is 0.0233. The zero-order valence-electron chi connectivity index (χ0n) is 17.6. The van der Waals surface area contributed by atoms with Gasteiger partial charge in [-0.05, 0) is 53.6 Å². The van der Waals surface area contributed by atoms with Crippen molar-refractivity contribution < 1.29 is 18.0 Å². The van der Waals surface area contributed by atoms with Crippen LogP contribution in [0, 0.1) is 0 Å². The molecule has 0 N–H and O–H groups in total. The summed E-state index contributed by atoms with van der Waals surface area (Å²) in [5.41, 5.74) is 2.82. The van der Waals surface area contributed by atoms with Gasteiger partial charge in [-0.25, -0.2) is 4.98 Å². The van der Waals surface area contributed by atoms with E-state index in [9.17, 15) is 18.0 Å². The van der Waals surface area contributed by atoms with E-state index in [1.807, 2.05) is 6.07 Å². The van der Waals surface area contributed by atoms with Crippen molar-refractivity contribution in [3.05, 3.63) is 114 Å². The van der Waals surface area contributed by atoms with E-state index in [0.717, 1.165) is 11.6 Å². The van der Waals surface area contributed by atoms with Crippen LogP contribution in [0.1, 0.15) is 21.5 Å². The molecule has 0 unspecified atom stereocenters. The van der Waals surface area contributed by atoms with Gasteiger partial charge >= 0.3 is 6.18 Å². The van der Waals surface area contributed by atoms with E-state index in [0.29, 0.717) is 27.9 Å². The molecule has 0 radical (unpaired) electrons. The molecule has 166 valence electrons. The van der Waals surface area contributed by atoms with Gasteiger partial charge < -0.3 is 0 Å². The second-order valence-corrected chi connectivity index (χ2v) is 7.65. The van der Waals surface area contributed by atoms with Crippen LogP contribution in [0.15, 0.2) is 97.5 Å².